The fourth-order valence-corrected chi connectivity index (χ4v) is 10.7. The summed E-state index contributed by atoms with van der Waals surface area (Å²) >= 11 is 6.52. The first kappa shape index (κ1) is 33.4. The van der Waals surface area contributed by atoms with Crippen molar-refractivity contribution in [1.29, 1.82) is 0 Å². The van der Waals surface area contributed by atoms with Crippen molar-refractivity contribution in [2.24, 2.45) is 35.1 Å². The Labute approximate surface area is 298 Å². The standard InChI is InChI=1S/C37H43ClN6O5S/c1-22-5-4-6-32(48-3)27-9-7-23(27)18-44-20-37(15-24-13-28(24)29-14-26(38)8-10-30(29)37)21-49-33-12-11-31(40-34(33)44)36(46)42-50(47,19-22)41-35(45)25-16-39-43(2)17-25/h4,6,8,10-12,14,16-17,22-24,27-28,32H,5,7,9,13,15,18-21H2,1-3H3,(H,41,42,45,46,47)/b6-4+/t22-,23-,24-,27+,28-,32-,37-,50?/m0/s1. The van der Waals surface area contributed by atoms with E-state index in [4.69, 9.17) is 26.1 Å². The molecule has 11 nitrogen and oxygen atoms in total. The number of anilines is 1. The predicted octanol–water partition coefficient (Wildman–Crippen LogP) is 5.70. The largest absolute Gasteiger partial charge is 0.489 e. The molecular formula is C37H43ClN6O5S. The third-order valence-corrected chi connectivity index (χ3v) is 13.6. The number of allylic oxidation sites excluding steroid dienone is 1. The lowest BCUT2D eigenvalue weighted by Crippen LogP contribution is -2.50. The molecule has 1 N–H and O–H groups in total. The molecule has 2 saturated carbocycles. The molecule has 2 bridgehead atoms. The SMILES string of the molecule is CO[C@H]1/C=C/C[C@H](C)CS(=O)(NC(=O)c2cnn(C)c2)=NC(=O)c2ccc3c(n2)N(C[C@@H]2CC[C@H]21)C[C@]1(CO3)C[C@@H]2C[C@@H]2c2cc(Cl)ccc21. The quantitative estimate of drug-likeness (QED) is 0.342. The maximum Gasteiger partial charge on any atom is 0.305 e. The van der Waals surface area contributed by atoms with Gasteiger partial charge in [-0.2, -0.15) is 5.10 Å². The van der Waals surface area contributed by atoms with Gasteiger partial charge in [-0.05, 0) is 97.1 Å². The van der Waals surface area contributed by atoms with Crippen molar-refractivity contribution in [1.82, 2.24) is 19.5 Å². The predicted molar refractivity (Wildman–Crippen MR) is 191 cm³/mol. The topological polar surface area (TPSA) is 128 Å². The molecule has 2 aliphatic heterocycles. The van der Waals surface area contributed by atoms with E-state index in [1.54, 1.807) is 26.3 Å². The summed E-state index contributed by atoms with van der Waals surface area (Å²) in [5.41, 5.74) is 2.60. The van der Waals surface area contributed by atoms with E-state index in [9.17, 15) is 13.8 Å². The average molecular weight is 719 g/mol. The zero-order valence-corrected chi connectivity index (χ0v) is 30.2. The summed E-state index contributed by atoms with van der Waals surface area (Å²) in [4.78, 5) is 34.3. The second-order valence-corrected chi connectivity index (χ2v) is 17.5. The number of carbonyl (C=O) groups excluding carboxylic acids is 2. The summed E-state index contributed by atoms with van der Waals surface area (Å²) in [5, 5.41) is 4.81. The zero-order chi connectivity index (χ0) is 34.8. The molecular weight excluding hydrogens is 676 g/mol. The van der Waals surface area contributed by atoms with Crippen LogP contribution in [0.5, 0.6) is 5.75 Å². The van der Waals surface area contributed by atoms with Crippen molar-refractivity contribution < 1.29 is 23.3 Å². The molecule has 3 aliphatic carbocycles. The van der Waals surface area contributed by atoms with Gasteiger partial charge in [0, 0.05) is 43.9 Å². The smallest absolute Gasteiger partial charge is 0.305 e. The van der Waals surface area contributed by atoms with Crippen LogP contribution in [0.3, 0.4) is 0 Å². The number of halogens is 1. The summed E-state index contributed by atoms with van der Waals surface area (Å²) in [5.74, 6) is 1.43. The van der Waals surface area contributed by atoms with Crippen molar-refractivity contribution in [3.63, 3.8) is 0 Å². The van der Waals surface area contributed by atoms with Gasteiger partial charge in [0.05, 0.1) is 30.2 Å². The molecule has 8 atom stereocenters. The number of ether oxygens (including phenoxy) is 2. The molecule has 2 amide bonds. The minimum atomic E-state index is -3.55. The highest BCUT2D eigenvalue weighted by Gasteiger charge is 2.54. The first-order chi connectivity index (χ1) is 24.0. The highest BCUT2D eigenvalue weighted by atomic mass is 35.5. The lowest BCUT2D eigenvalue weighted by Gasteiger charge is -2.45. The molecule has 13 heteroatoms. The summed E-state index contributed by atoms with van der Waals surface area (Å²) < 4.78 is 35.4. The monoisotopic (exact) mass is 718 g/mol. The zero-order valence-electron chi connectivity index (χ0n) is 28.6. The number of fused-ring (bicyclic) bond motifs is 6. The van der Waals surface area contributed by atoms with E-state index in [0.29, 0.717) is 54.8 Å². The summed E-state index contributed by atoms with van der Waals surface area (Å²) in [6, 6.07) is 9.66. The second kappa shape index (κ2) is 12.8. The number of amides is 2. The molecule has 264 valence electrons. The third-order valence-electron chi connectivity index (χ3n) is 11.4. The molecule has 5 aliphatic rings. The molecule has 3 aromatic rings. The molecule has 1 unspecified atom stereocenters. The maximum absolute atomic E-state index is 14.4. The Morgan fingerprint density at radius 1 is 1.20 bits per heavy atom. The molecule has 2 aromatic heterocycles. The number of aryl methyl sites for hydroxylation is 1. The van der Waals surface area contributed by atoms with Crippen LogP contribution in [0.25, 0.3) is 0 Å². The Hall–Kier alpha value is -3.74. The van der Waals surface area contributed by atoms with Crippen molar-refractivity contribution in [3.05, 3.63) is 82.3 Å². The van der Waals surface area contributed by atoms with Crippen LogP contribution in [-0.2, 0) is 27.1 Å². The number of benzene rings is 1. The van der Waals surface area contributed by atoms with Gasteiger partial charge in [0.1, 0.15) is 15.6 Å². The van der Waals surface area contributed by atoms with Crippen molar-refractivity contribution in [3.8, 4) is 5.75 Å². The Morgan fingerprint density at radius 2 is 2.06 bits per heavy atom. The highest BCUT2D eigenvalue weighted by Crippen LogP contribution is 2.61. The van der Waals surface area contributed by atoms with Gasteiger partial charge in [0.2, 0.25) is 0 Å². The molecule has 8 rings (SSSR count). The van der Waals surface area contributed by atoms with Crippen LogP contribution in [0.15, 0.2) is 59.2 Å². The number of hydrogen-bond acceptors (Lipinski definition) is 8. The van der Waals surface area contributed by atoms with Gasteiger partial charge in [-0.1, -0.05) is 36.7 Å². The number of aromatic nitrogens is 3. The first-order valence-corrected chi connectivity index (χ1v) is 19.6. The van der Waals surface area contributed by atoms with E-state index in [2.05, 4.69) is 43.4 Å². The van der Waals surface area contributed by atoms with Crippen LogP contribution in [0.2, 0.25) is 5.02 Å². The lowest BCUT2D eigenvalue weighted by molar-refractivity contribution is 0.0131. The van der Waals surface area contributed by atoms with Gasteiger partial charge >= 0.3 is 5.91 Å². The average Bonchev–Trinajstić information content (AvgIpc) is 3.75. The van der Waals surface area contributed by atoms with Crippen LogP contribution in [0.1, 0.15) is 76.9 Å². The first-order valence-electron chi connectivity index (χ1n) is 17.5. The number of methoxy groups -OCH3 is 1. The Balaban J connectivity index is 1.21. The number of nitrogens with zero attached hydrogens (tertiary/aromatic N) is 5. The van der Waals surface area contributed by atoms with E-state index in [0.717, 1.165) is 37.3 Å². The van der Waals surface area contributed by atoms with Crippen molar-refractivity contribution in [2.45, 2.75) is 56.5 Å². The van der Waals surface area contributed by atoms with E-state index < -0.39 is 21.7 Å². The summed E-state index contributed by atoms with van der Waals surface area (Å²) in [6.07, 6.45) is 11.9. The fourth-order valence-electron chi connectivity index (χ4n) is 8.68. The van der Waals surface area contributed by atoms with Gasteiger partial charge in [0.15, 0.2) is 11.6 Å². The van der Waals surface area contributed by atoms with E-state index in [1.165, 1.54) is 28.2 Å². The number of nitrogens with one attached hydrogen (secondary N) is 1. The normalized spacial score (nSPS) is 33.8. The van der Waals surface area contributed by atoms with Crippen LogP contribution in [0, 0.1) is 23.7 Å². The van der Waals surface area contributed by atoms with E-state index in [1.807, 2.05) is 13.0 Å². The molecule has 2 fully saturated rings. The highest BCUT2D eigenvalue weighted by molar-refractivity contribution is 7.92. The Bertz CT molecular complexity index is 2010. The van der Waals surface area contributed by atoms with E-state index >= 15 is 0 Å². The molecule has 1 aromatic carbocycles. The van der Waals surface area contributed by atoms with Crippen LogP contribution in [-0.4, -0.2) is 69.5 Å². The van der Waals surface area contributed by atoms with Crippen LogP contribution < -0.4 is 14.4 Å². The van der Waals surface area contributed by atoms with Gasteiger partial charge in [-0.3, -0.25) is 19.0 Å². The van der Waals surface area contributed by atoms with Gasteiger partial charge in [-0.15, -0.1) is 4.36 Å². The maximum atomic E-state index is 14.4. The summed E-state index contributed by atoms with van der Waals surface area (Å²) in [6.45, 7) is 3.82. The number of carbonyl (C=O) groups is 2. The molecule has 1 spiro atoms. The van der Waals surface area contributed by atoms with Crippen molar-refractivity contribution in [2.75, 3.05) is 37.5 Å². The molecule has 0 radical (unpaired) electrons. The second-order valence-electron chi connectivity index (χ2n) is 15.0. The Kier molecular flexibility index (Phi) is 8.55. The van der Waals surface area contributed by atoms with Gasteiger partial charge < -0.3 is 14.4 Å². The number of hydrogen-bond donors (Lipinski definition) is 1. The van der Waals surface area contributed by atoms with Crippen LogP contribution >= 0.6 is 11.6 Å². The summed E-state index contributed by atoms with van der Waals surface area (Å²) in [7, 11) is -0.110. The molecule has 4 heterocycles. The van der Waals surface area contributed by atoms with Gasteiger partial charge in [-0.25, -0.2) is 9.19 Å². The molecule has 0 saturated heterocycles. The van der Waals surface area contributed by atoms with Crippen molar-refractivity contribution >= 4 is 39.1 Å². The minimum absolute atomic E-state index is 0.0208. The number of rotatable bonds is 3. The lowest BCUT2D eigenvalue weighted by atomic mass is 9.68. The number of pyridine rings is 1. The third kappa shape index (κ3) is 6.23. The Morgan fingerprint density at radius 3 is 2.82 bits per heavy atom. The fraction of sp³-hybridized carbons (Fsp3) is 0.514. The van der Waals surface area contributed by atoms with Crippen LogP contribution in [0.4, 0.5) is 5.82 Å². The minimum Gasteiger partial charge on any atom is -0.489 e. The van der Waals surface area contributed by atoms with Gasteiger partial charge in [0.25, 0.3) is 5.91 Å². The van der Waals surface area contributed by atoms with E-state index in [-0.39, 0.29) is 34.4 Å². The molecule has 50 heavy (non-hydrogen) atoms.